The van der Waals surface area contributed by atoms with E-state index >= 15 is 0 Å². The van der Waals surface area contributed by atoms with Gasteiger partial charge >= 0.3 is 0 Å². The summed E-state index contributed by atoms with van der Waals surface area (Å²) in [6.45, 7) is 0.629. The molecule has 4 rings (SSSR count). The molecule has 0 aliphatic heterocycles. The lowest BCUT2D eigenvalue weighted by Crippen LogP contribution is -2.00. The number of fused-ring (bicyclic) bond motifs is 1. The second kappa shape index (κ2) is 8.95. The van der Waals surface area contributed by atoms with E-state index in [1.807, 2.05) is 66.7 Å². The van der Waals surface area contributed by atoms with E-state index in [4.69, 9.17) is 14.9 Å². The highest BCUT2D eigenvalue weighted by Crippen LogP contribution is 2.33. The zero-order chi connectivity index (χ0) is 20.9. The number of aldehydes is 1. The lowest BCUT2D eigenvalue weighted by atomic mass is 9.99. The number of hydrogen-bond acceptors (Lipinski definition) is 5. The van der Waals surface area contributed by atoms with Crippen molar-refractivity contribution in [2.45, 2.75) is 26.2 Å². The molecule has 1 heterocycles. The maximum Gasteiger partial charge on any atom is 0.142 e. The van der Waals surface area contributed by atoms with Gasteiger partial charge in [-0.3, -0.25) is 0 Å². The van der Waals surface area contributed by atoms with Crippen LogP contribution in [0.15, 0.2) is 71.1 Å². The number of para-hydroxylation sites is 1. The molecule has 0 unspecified atom stereocenters. The molecule has 0 spiro atoms. The molecule has 0 bridgehead atoms. The molecule has 0 atom stereocenters. The van der Waals surface area contributed by atoms with E-state index < -0.39 is 0 Å². The molecule has 0 fully saturated rings. The molecule has 0 amide bonds. The normalized spacial score (nSPS) is 11.0. The summed E-state index contributed by atoms with van der Waals surface area (Å²) >= 11 is 0. The van der Waals surface area contributed by atoms with E-state index in [1.165, 1.54) is 0 Å². The summed E-state index contributed by atoms with van der Waals surface area (Å²) in [4.78, 5) is 10.9. The van der Waals surface area contributed by atoms with E-state index in [2.05, 4.69) is 0 Å². The molecule has 30 heavy (non-hydrogen) atoms. The molecule has 0 saturated heterocycles. The third-order valence-electron chi connectivity index (χ3n) is 5.03. The number of nitrogens with two attached hydrogens (primary N) is 1. The predicted octanol–water partition coefficient (Wildman–Crippen LogP) is 4.37. The van der Waals surface area contributed by atoms with E-state index in [-0.39, 0.29) is 6.61 Å². The standard InChI is InChI=1S/C25H23NO4/c26-14-17-4-3-6-20(10-17)23-12-18(11-21-13-22(15-28)30-25(21)23)16-29-24-7-2-1-5-19(24)8-9-27/h1-7,9-13,28H,8,14-16,26H2. The van der Waals surface area contributed by atoms with Crippen LogP contribution in [-0.4, -0.2) is 11.4 Å². The zero-order valence-electron chi connectivity index (χ0n) is 16.5. The highest BCUT2D eigenvalue weighted by molar-refractivity contribution is 5.93. The van der Waals surface area contributed by atoms with Crippen LogP contribution in [0.3, 0.4) is 0 Å². The lowest BCUT2D eigenvalue weighted by Gasteiger charge is -2.12. The van der Waals surface area contributed by atoms with Crippen molar-refractivity contribution >= 4 is 17.3 Å². The number of hydrogen-bond donors (Lipinski definition) is 2. The smallest absolute Gasteiger partial charge is 0.142 e. The highest BCUT2D eigenvalue weighted by atomic mass is 16.5. The van der Waals surface area contributed by atoms with Crippen LogP contribution in [0.4, 0.5) is 0 Å². The summed E-state index contributed by atoms with van der Waals surface area (Å²) in [5, 5.41) is 10.4. The van der Waals surface area contributed by atoms with Gasteiger partial charge in [-0.15, -0.1) is 0 Å². The van der Waals surface area contributed by atoms with Crippen molar-refractivity contribution < 1.29 is 19.1 Å². The van der Waals surface area contributed by atoms with Crippen LogP contribution in [-0.2, 0) is 31.0 Å². The number of rotatable bonds is 8. The van der Waals surface area contributed by atoms with Gasteiger partial charge in [-0.05, 0) is 47.0 Å². The summed E-state index contributed by atoms with van der Waals surface area (Å²) in [6, 6.07) is 21.4. The van der Waals surface area contributed by atoms with E-state index in [0.29, 0.717) is 31.1 Å². The van der Waals surface area contributed by atoms with Crippen LogP contribution in [0.2, 0.25) is 0 Å². The largest absolute Gasteiger partial charge is 0.489 e. The molecule has 0 aliphatic rings. The summed E-state index contributed by atoms with van der Waals surface area (Å²) in [5.41, 5.74) is 11.3. The average Bonchev–Trinajstić information content (AvgIpc) is 3.21. The van der Waals surface area contributed by atoms with Crippen molar-refractivity contribution in [3.05, 3.63) is 89.2 Å². The Bertz CT molecular complexity index is 1180. The van der Waals surface area contributed by atoms with Gasteiger partial charge < -0.3 is 24.8 Å². The number of aliphatic hydroxyl groups excluding tert-OH is 1. The lowest BCUT2D eigenvalue weighted by molar-refractivity contribution is -0.107. The summed E-state index contributed by atoms with van der Waals surface area (Å²) in [6.07, 6.45) is 1.19. The third kappa shape index (κ3) is 4.13. The summed E-state index contributed by atoms with van der Waals surface area (Å²) < 4.78 is 11.9. The average molecular weight is 401 g/mol. The van der Waals surface area contributed by atoms with Gasteiger partial charge in [-0.25, -0.2) is 0 Å². The number of carbonyl (C=O) groups is 1. The van der Waals surface area contributed by atoms with Crippen molar-refractivity contribution in [3.8, 4) is 16.9 Å². The molecule has 3 aromatic carbocycles. The molecule has 0 radical (unpaired) electrons. The monoisotopic (exact) mass is 401 g/mol. The zero-order valence-corrected chi connectivity index (χ0v) is 16.5. The first-order chi connectivity index (χ1) is 14.7. The van der Waals surface area contributed by atoms with Crippen molar-refractivity contribution in [1.29, 1.82) is 0 Å². The van der Waals surface area contributed by atoms with E-state index in [0.717, 1.165) is 45.1 Å². The molecule has 3 N–H and O–H groups in total. The van der Waals surface area contributed by atoms with Crippen LogP contribution < -0.4 is 10.5 Å². The summed E-state index contributed by atoms with van der Waals surface area (Å²) in [7, 11) is 0. The first kappa shape index (κ1) is 19.9. The van der Waals surface area contributed by atoms with Crippen LogP contribution in [0, 0.1) is 0 Å². The Morgan fingerprint density at radius 2 is 1.87 bits per heavy atom. The number of aliphatic hydroxyl groups is 1. The van der Waals surface area contributed by atoms with Crippen LogP contribution in [0.25, 0.3) is 22.1 Å². The molecule has 1 aromatic heterocycles. The Hall–Kier alpha value is -3.41. The van der Waals surface area contributed by atoms with Gasteiger partial charge in [0.25, 0.3) is 0 Å². The van der Waals surface area contributed by atoms with Gasteiger partial charge in [0.05, 0.1) is 0 Å². The Morgan fingerprint density at radius 3 is 2.67 bits per heavy atom. The fourth-order valence-electron chi connectivity index (χ4n) is 3.57. The van der Waals surface area contributed by atoms with E-state index in [9.17, 15) is 9.90 Å². The minimum atomic E-state index is -0.165. The van der Waals surface area contributed by atoms with E-state index in [1.54, 1.807) is 0 Å². The van der Waals surface area contributed by atoms with Crippen molar-refractivity contribution in [3.63, 3.8) is 0 Å². The van der Waals surface area contributed by atoms with Crippen molar-refractivity contribution in [2.24, 2.45) is 5.73 Å². The quantitative estimate of drug-likeness (QED) is 0.428. The topological polar surface area (TPSA) is 85.7 Å². The molecule has 0 aliphatic carbocycles. The number of furan rings is 1. The Labute approximate surface area is 174 Å². The van der Waals surface area contributed by atoms with Crippen molar-refractivity contribution in [1.82, 2.24) is 0 Å². The fourth-order valence-corrected chi connectivity index (χ4v) is 3.57. The van der Waals surface area contributed by atoms with Gasteiger partial charge in [-0.1, -0.05) is 36.4 Å². The first-order valence-electron chi connectivity index (χ1n) is 9.81. The van der Waals surface area contributed by atoms with Gasteiger partial charge in [0.1, 0.15) is 36.6 Å². The Morgan fingerprint density at radius 1 is 1.00 bits per heavy atom. The second-order valence-electron chi connectivity index (χ2n) is 7.10. The minimum Gasteiger partial charge on any atom is -0.489 e. The SMILES string of the molecule is NCc1cccc(-c2cc(COc3ccccc3CC=O)cc3cc(CO)oc23)c1. The van der Waals surface area contributed by atoms with Gasteiger partial charge in [0.15, 0.2) is 0 Å². The third-order valence-corrected chi connectivity index (χ3v) is 5.03. The Kier molecular flexibility index (Phi) is 5.93. The summed E-state index contributed by atoms with van der Waals surface area (Å²) in [5.74, 6) is 1.20. The number of carbonyl (C=O) groups excluding carboxylic acids is 1. The highest BCUT2D eigenvalue weighted by Gasteiger charge is 2.13. The Balaban J connectivity index is 1.73. The molecular formula is C25H23NO4. The van der Waals surface area contributed by atoms with Gasteiger partial charge in [-0.2, -0.15) is 0 Å². The molecule has 0 saturated carbocycles. The molecule has 152 valence electrons. The van der Waals surface area contributed by atoms with Crippen LogP contribution in [0.1, 0.15) is 22.5 Å². The number of ether oxygens (including phenoxy) is 1. The van der Waals surface area contributed by atoms with Gasteiger partial charge in [0, 0.05) is 29.5 Å². The minimum absolute atomic E-state index is 0.165. The van der Waals surface area contributed by atoms with Crippen LogP contribution in [0.5, 0.6) is 5.75 Å². The fraction of sp³-hybridized carbons (Fsp3) is 0.160. The molecule has 5 nitrogen and oxygen atoms in total. The molecule has 4 aromatic rings. The van der Waals surface area contributed by atoms with Crippen LogP contribution >= 0.6 is 0 Å². The second-order valence-corrected chi connectivity index (χ2v) is 7.10. The number of benzene rings is 3. The van der Waals surface area contributed by atoms with Gasteiger partial charge in [0.2, 0.25) is 0 Å². The first-order valence-corrected chi connectivity index (χ1v) is 9.81. The van der Waals surface area contributed by atoms with Crippen molar-refractivity contribution in [2.75, 3.05) is 0 Å². The molecule has 5 heteroatoms. The maximum absolute atomic E-state index is 10.9. The predicted molar refractivity (Wildman–Crippen MR) is 116 cm³/mol. The molecular weight excluding hydrogens is 378 g/mol. The maximum atomic E-state index is 10.9.